The molecule has 127 heavy (non-hydrogen) atoms. The molecule has 666 valence electrons. The molecule has 0 unspecified atom stereocenters. The number of hydrogen-bond acceptors (Lipinski definition) is 21. The Morgan fingerprint density at radius 1 is 0.409 bits per heavy atom. The topological polar surface area (TPSA) is 388 Å². The summed E-state index contributed by atoms with van der Waals surface area (Å²) in [4.78, 5) is 132. The van der Waals surface area contributed by atoms with Crippen LogP contribution in [0.25, 0.3) is 21.7 Å². The zero-order valence-electron chi connectivity index (χ0n) is 70.9. The highest BCUT2D eigenvalue weighted by molar-refractivity contribution is 7.16. The van der Waals surface area contributed by atoms with Gasteiger partial charge in [-0.3, -0.25) is 47.9 Å². The largest absolute Gasteiger partial charge is 0.493 e. The number of fused-ring (bicyclic) bond motifs is 3. The van der Waals surface area contributed by atoms with E-state index in [9.17, 15) is 47.9 Å². The number of carboxylic acids is 4. The normalized spacial score (nSPS) is 13.9. The number of carboxylic acid groups (broad SMARTS) is 4. The zero-order chi connectivity index (χ0) is 89.0. The third kappa shape index (κ3) is 27.6. The van der Waals surface area contributed by atoms with Crippen molar-refractivity contribution in [3.05, 3.63) is 231 Å². The van der Waals surface area contributed by atoms with Gasteiger partial charge in [0.15, 0.2) is 5.01 Å². The Balaban J connectivity index is 0.000000145. The summed E-state index contributed by atoms with van der Waals surface area (Å²) in [6.07, 6.45) is 21.4. The highest BCUT2D eigenvalue weighted by Gasteiger charge is 2.39. The number of anilines is 1. The van der Waals surface area contributed by atoms with Gasteiger partial charge in [-0.2, -0.15) is 0 Å². The van der Waals surface area contributed by atoms with Gasteiger partial charge in [-0.05, 0) is 235 Å². The Bertz CT molecular complexity index is 5300. The molecule has 4 aliphatic carbocycles. The molecule has 2 aliphatic heterocycles. The average Bonchev–Trinajstić information content (AvgIpc) is 1.70. The molecule has 7 aromatic carbocycles. The van der Waals surface area contributed by atoms with Crippen LogP contribution in [0.3, 0.4) is 0 Å². The number of para-hydroxylation sites is 4. The van der Waals surface area contributed by atoms with Crippen molar-refractivity contribution >= 4 is 87.4 Å². The third-order valence-corrected chi connectivity index (χ3v) is 23.2. The molecule has 6 aliphatic rings. The van der Waals surface area contributed by atoms with Crippen molar-refractivity contribution in [1.82, 2.24) is 34.9 Å². The number of nitrogens with zero attached hydrogens (tertiary/aromatic N) is 7. The molecule has 29 nitrogen and oxygen atoms in total. The number of rotatable bonds is 45. The van der Waals surface area contributed by atoms with E-state index in [1.165, 1.54) is 11.3 Å². The van der Waals surface area contributed by atoms with Gasteiger partial charge < -0.3 is 73.4 Å². The van der Waals surface area contributed by atoms with E-state index in [0.717, 1.165) is 170 Å². The number of thiazole rings is 1. The zero-order valence-corrected chi connectivity index (χ0v) is 71.7. The SMILES string of the molecule is O=C(O)CCCCCOc1ccccc1CN(C(=O)c1ccc2c(c1)CC(=O)N2)C1CC1.O=C(O)CCCCCOc1ccccc1CN(C(=O)c1ccc2c(c1)CC(=O)O2)C1CC1.O=C(O)CCCCCOc1ccccc1CN(C(=O)c1ccc2nonc2c1)C1CC1.O=C(O)CCCCCOc1ccccc1CN(C(=O)c1ncc(-c2ccco2)s1)C1CC1. The van der Waals surface area contributed by atoms with Crippen molar-refractivity contribution < 1.29 is 101 Å². The van der Waals surface area contributed by atoms with Gasteiger partial charge in [0.05, 0.1) is 50.4 Å². The van der Waals surface area contributed by atoms with Crippen LogP contribution >= 0.6 is 11.3 Å². The predicted molar refractivity (Wildman–Crippen MR) is 470 cm³/mol. The molecule has 3 aromatic heterocycles. The van der Waals surface area contributed by atoms with Gasteiger partial charge in [-0.1, -0.05) is 72.8 Å². The van der Waals surface area contributed by atoms with Crippen LogP contribution in [0.1, 0.15) is 228 Å². The quantitative estimate of drug-likeness (QED) is 0.0134. The van der Waals surface area contributed by atoms with Crippen LogP contribution in [0.2, 0.25) is 0 Å². The maximum atomic E-state index is 13.3. The first-order valence-electron chi connectivity index (χ1n) is 43.7. The van der Waals surface area contributed by atoms with E-state index in [2.05, 4.69) is 20.6 Å². The summed E-state index contributed by atoms with van der Waals surface area (Å²) < 4.78 is 39.2. The van der Waals surface area contributed by atoms with E-state index in [0.29, 0.717) is 129 Å². The summed E-state index contributed by atoms with van der Waals surface area (Å²) in [5.74, 6) is 0.651. The fourth-order valence-corrected chi connectivity index (χ4v) is 15.7. The number of esters is 1. The molecular formula is C97H106N8O21S. The van der Waals surface area contributed by atoms with Gasteiger partial charge in [-0.15, -0.1) is 11.3 Å². The predicted octanol–water partition coefficient (Wildman–Crippen LogP) is 17.3. The first-order chi connectivity index (χ1) is 61.7. The number of carbonyl (C=O) groups excluding carboxylic acids is 6. The fraction of sp³-hybridized carbons (Fsp3) is 0.392. The average molecular weight is 1750 g/mol. The summed E-state index contributed by atoms with van der Waals surface area (Å²) in [6.45, 7) is 3.91. The Kier molecular flexibility index (Phi) is 32.8. The van der Waals surface area contributed by atoms with E-state index < -0.39 is 23.9 Å². The third-order valence-electron chi connectivity index (χ3n) is 22.2. The number of carbonyl (C=O) groups is 10. The van der Waals surface area contributed by atoms with Crippen LogP contribution in [-0.4, -0.2) is 165 Å². The van der Waals surface area contributed by atoms with E-state index in [1.807, 2.05) is 135 Å². The maximum absolute atomic E-state index is 13.3. The van der Waals surface area contributed by atoms with Crippen molar-refractivity contribution in [3.8, 4) is 39.4 Å². The van der Waals surface area contributed by atoms with E-state index in [1.54, 1.807) is 61.0 Å². The standard InChI is InChI=1S/C25H28N2O5.C25H27NO6.C24H26N2O5S.C23H25N3O5/c28-23-15-19-14-17(9-12-21(19)26-23)25(31)27(20-10-11-20)16-18-6-3-4-7-22(18)32-13-5-1-2-8-24(29)30;27-23(28)8-2-1-5-13-31-21-7-4-3-6-18(21)16-26(20-10-11-20)25(30)17-9-12-22-19(14-17)15-24(29)32-22;27-22(28)10-2-1-5-13-30-19-8-4-3-7-17(19)16-26(18-11-12-18)24(29)23-25-15-21(32-23)20-9-6-14-31-20;27-22(28)8-2-1-5-13-30-21-7-4-3-6-17(21)15-26(18-10-11-18)23(29)16-9-12-19-20(14-16)25-31-24-19/h3-4,6-7,9,12,14,20H,1-2,5,8,10-11,13,15-16H2,(H,26,28)(H,29,30);3-4,6-7,9,12,14,20H,1-2,5,8,10-11,13,15-16H2,(H,27,28);3-4,6-9,14-15,18H,1-2,5,10-13,16H2,(H,27,28);3-4,6-7,9,12,14,18H,1-2,5,8,10-11,13,15H2,(H,27,28). The molecule has 30 heteroatoms. The van der Waals surface area contributed by atoms with Gasteiger partial charge in [0.1, 0.15) is 45.5 Å². The first kappa shape index (κ1) is 91.4. The van der Waals surface area contributed by atoms with Crippen LogP contribution in [0.15, 0.2) is 185 Å². The molecule has 0 saturated heterocycles. The fourth-order valence-electron chi connectivity index (χ4n) is 14.9. The molecule has 5 heterocycles. The number of nitrogens with one attached hydrogen (secondary N) is 1. The molecule has 16 rings (SSSR count). The smallest absolute Gasteiger partial charge is 0.315 e. The lowest BCUT2D eigenvalue weighted by molar-refractivity contribution is -0.138. The molecule has 0 atom stereocenters. The maximum Gasteiger partial charge on any atom is 0.315 e. The number of hydrogen-bond donors (Lipinski definition) is 5. The lowest BCUT2D eigenvalue weighted by Gasteiger charge is -2.24. The Labute approximate surface area is 739 Å². The molecule has 10 aromatic rings. The number of aliphatic carboxylic acids is 4. The molecule has 5 amide bonds. The number of unbranched alkanes of at least 4 members (excludes halogenated alkanes) is 8. The summed E-state index contributed by atoms with van der Waals surface area (Å²) in [7, 11) is 0. The lowest BCUT2D eigenvalue weighted by atomic mass is 10.1. The monoisotopic (exact) mass is 1750 g/mol. The summed E-state index contributed by atoms with van der Waals surface area (Å²) in [5.41, 5.74) is 9.12. The second kappa shape index (κ2) is 45.6. The van der Waals surface area contributed by atoms with Crippen LogP contribution in [0.5, 0.6) is 28.7 Å². The summed E-state index contributed by atoms with van der Waals surface area (Å²) in [6, 6.07) is 51.3. The molecular weight excluding hydrogens is 1650 g/mol. The van der Waals surface area contributed by atoms with Crippen molar-refractivity contribution in [2.24, 2.45) is 0 Å². The second-order valence-corrected chi connectivity index (χ2v) is 33.4. The lowest BCUT2D eigenvalue weighted by Crippen LogP contribution is -2.32. The minimum atomic E-state index is -0.774. The Morgan fingerprint density at radius 2 is 0.795 bits per heavy atom. The number of ether oxygens (including phenoxy) is 5. The van der Waals surface area contributed by atoms with Crippen LogP contribution < -0.4 is 29.0 Å². The summed E-state index contributed by atoms with van der Waals surface area (Å²) in [5, 5.41) is 45.8. The molecule has 0 spiro atoms. The van der Waals surface area contributed by atoms with E-state index in [-0.39, 0.29) is 91.8 Å². The second-order valence-electron chi connectivity index (χ2n) is 32.3. The van der Waals surface area contributed by atoms with Crippen LogP contribution in [-0.2, 0) is 67.8 Å². The number of amides is 5. The molecule has 0 bridgehead atoms. The Morgan fingerprint density at radius 3 is 1.20 bits per heavy atom. The van der Waals surface area contributed by atoms with Gasteiger partial charge in [0.25, 0.3) is 23.6 Å². The van der Waals surface area contributed by atoms with E-state index >= 15 is 0 Å². The summed E-state index contributed by atoms with van der Waals surface area (Å²) >= 11 is 1.34. The van der Waals surface area contributed by atoms with E-state index in [4.69, 9.17) is 53.2 Å². The van der Waals surface area contributed by atoms with Crippen LogP contribution in [0, 0.1) is 0 Å². The number of aromatic nitrogens is 3. The van der Waals surface area contributed by atoms with Crippen LogP contribution in [0.4, 0.5) is 5.69 Å². The molecule has 4 fully saturated rings. The van der Waals surface area contributed by atoms with Gasteiger partial charge in [-0.25, -0.2) is 9.61 Å². The highest BCUT2D eigenvalue weighted by Crippen LogP contribution is 2.39. The van der Waals surface area contributed by atoms with Gasteiger partial charge in [0, 0.05) is 132 Å². The molecule has 5 N–H and O–H groups in total. The number of benzene rings is 7. The van der Waals surface area contributed by atoms with Crippen molar-refractivity contribution in [2.45, 2.75) is 217 Å². The van der Waals surface area contributed by atoms with Gasteiger partial charge >= 0.3 is 29.8 Å². The molecule has 4 saturated carbocycles. The van der Waals surface area contributed by atoms with Gasteiger partial charge in [0.2, 0.25) is 5.91 Å². The first-order valence-corrected chi connectivity index (χ1v) is 44.5. The van der Waals surface area contributed by atoms with Crippen molar-refractivity contribution in [1.29, 1.82) is 0 Å². The Hall–Kier alpha value is -13.3. The minimum absolute atomic E-state index is 0.0295. The highest BCUT2D eigenvalue weighted by atomic mass is 32.1. The van der Waals surface area contributed by atoms with Crippen molar-refractivity contribution in [2.75, 3.05) is 31.7 Å². The molecule has 0 radical (unpaired) electrons. The minimum Gasteiger partial charge on any atom is -0.493 e. The number of furan rings is 1. The van der Waals surface area contributed by atoms with Crippen molar-refractivity contribution in [3.63, 3.8) is 0 Å².